The van der Waals surface area contributed by atoms with Crippen LogP contribution in [0, 0.1) is 0 Å². The van der Waals surface area contributed by atoms with Crippen molar-refractivity contribution in [2.75, 3.05) is 32.4 Å². The first-order valence-corrected chi connectivity index (χ1v) is 10.2. The minimum atomic E-state index is -0.335. The van der Waals surface area contributed by atoms with Gasteiger partial charge in [-0.1, -0.05) is 0 Å². The number of benzene rings is 2. The van der Waals surface area contributed by atoms with E-state index in [0.29, 0.717) is 32.6 Å². The number of methoxy groups -OCH3 is 3. The second-order valence-electron chi connectivity index (χ2n) is 6.64. The van der Waals surface area contributed by atoms with Crippen molar-refractivity contribution in [3.05, 3.63) is 59.5 Å². The summed E-state index contributed by atoms with van der Waals surface area (Å²) in [5, 5.41) is 3.60. The van der Waals surface area contributed by atoms with E-state index < -0.39 is 0 Å². The molecule has 0 aliphatic rings. The minimum absolute atomic E-state index is 0.335. The molecule has 0 saturated carbocycles. The van der Waals surface area contributed by atoms with Crippen LogP contribution >= 0.6 is 11.3 Å². The smallest absolute Gasteiger partial charge is 0.268 e. The maximum Gasteiger partial charge on any atom is 0.268 e. The molecule has 0 fully saturated rings. The molecule has 0 spiro atoms. The average Bonchev–Trinajstić information content (AvgIpc) is 3.15. The van der Waals surface area contributed by atoms with E-state index in [1.807, 2.05) is 36.4 Å². The number of thiophene rings is 1. The van der Waals surface area contributed by atoms with Crippen LogP contribution in [-0.2, 0) is 0 Å². The van der Waals surface area contributed by atoms with Gasteiger partial charge in [0.2, 0.25) is 0 Å². The third-order valence-corrected chi connectivity index (χ3v) is 5.95. The maximum atomic E-state index is 13.0. The third kappa shape index (κ3) is 3.97. The first-order valence-electron chi connectivity index (χ1n) is 9.41. The zero-order valence-corrected chi connectivity index (χ0v) is 18.1. The normalized spacial score (nSPS) is 10.7. The van der Waals surface area contributed by atoms with Crippen LogP contribution in [0.4, 0.5) is 11.4 Å². The van der Waals surface area contributed by atoms with Gasteiger partial charge in [-0.2, -0.15) is 0 Å². The molecule has 4 rings (SSSR count). The Morgan fingerprint density at radius 2 is 1.65 bits per heavy atom. The van der Waals surface area contributed by atoms with Crippen LogP contribution in [0.15, 0.2) is 54.6 Å². The van der Waals surface area contributed by atoms with Crippen LogP contribution < -0.4 is 25.3 Å². The van der Waals surface area contributed by atoms with Gasteiger partial charge in [-0.25, -0.2) is 4.98 Å². The number of ether oxygens (including phenoxy) is 3. The Balaban J connectivity index is 1.66. The van der Waals surface area contributed by atoms with Crippen LogP contribution in [0.3, 0.4) is 0 Å². The van der Waals surface area contributed by atoms with Gasteiger partial charge in [0.05, 0.1) is 38.4 Å². The summed E-state index contributed by atoms with van der Waals surface area (Å²) in [4.78, 5) is 18.8. The number of carbonyl (C=O) groups is 1. The number of nitrogens with zero attached hydrogens (tertiary/aromatic N) is 1. The number of nitrogens with one attached hydrogen (secondary N) is 1. The first-order chi connectivity index (χ1) is 15.0. The molecule has 7 nitrogen and oxygen atoms in total. The molecule has 2 aromatic heterocycles. The van der Waals surface area contributed by atoms with Crippen molar-refractivity contribution in [2.45, 2.75) is 0 Å². The van der Waals surface area contributed by atoms with Crippen LogP contribution in [0.2, 0.25) is 0 Å². The molecule has 0 bridgehead atoms. The number of hydrogen-bond donors (Lipinski definition) is 2. The van der Waals surface area contributed by atoms with E-state index >= 15 is 0 Å². The Morgan fingerprint density at radius 3 is 2.32 bits per heavy atom. The number of amides is 1. The Bertz CT molecular complexity index is 1250. The molecule has 2 aromatic carbocycles. The number of aromatic nitrogens is 1. The Morgan fingerprint density at radius 1 is 0.935 bits per heavy atom. The fraction of sp³-hybridized carbons (Fsp3) is 0.130. The molecule has 0 unspecified atom stereocenters. The fourth-order valence-electron chi connectivity index (χ4n) is 3.18. The number of anilines is 2. The van der Waals surface area contributed by atoms with Crippen molar-refractivity contribution in [1.82, 2.24) is 4.98 Å². The molecule has 2 heterocycles. The molecule has 3 N–H and O–H groups in total. The molecule has 1 amide bonds. The summed E-state index contributed by atoms with van der Waals surface area (Å²) >= 11 is 1.25. The molecular weight excluding hydrogens is 414 g/mol. The molecule has 0 aliphatic carbocycles. The molecule has 4 aromatic rings. The number of rotatable bonds is 6. The van der Waals surface area contributed by atoms with Crippen molar-refractivity contribution >= 4 is 38.8 Å². The predicted octanol–water partition coefficient (Wildman–Crippen LogP) is 4.82. The zero-order chi connectivity index (χ0) is 22.0. The minimum Gasteiger partial charge on any atom is -0.497 e. The molecule has 0 aliphatic heterocycles. The summed E-state index contributed by atoms with van der Waals surface area (Å²) in [6, 6.07) is 16.6. The van der Waals surface area contributed by atoms with E-state index in [4.69, 9.17) is 24.9 Å². The Kier molecular flexibility index (Phi) is 5.64. The Hall–Kier alpha value is -3.78. The molecule has 8 heteroatoms. The van der Waals surface area contributed by atoms with E-state index in [0.717, 1.165) is 22.4 Å². The predicted molar refractivity (Wildman–Crippen MR) is 124 cm³/mol. The second-order valence-corrected chi connectivity index (χ2v) is 7.64. The van der Waals surface area contributed by atoms with E-state index in [2.05, 4.69) is 5.32 Å². The van der Waals surface area contributed by atoms with Gasteiger partial charge in [-0.3, -0.25) is 4.79 Å². The second kappa shape index (κ2) is 8.53. The number of hydrogen-bond acceptors (Lipinski definition) is 7. The summed E-state index contributed by atoms with van der Waals surface area (Å²) in [5.74, 6) is 1.56. The van der Waals surface area contributed by atoms with Gasteiger partial charge >= 0.3 is 0 Å². The lowest BCUT2D eigenvalue weighted by Gasteiger charge is -2.11. The quantitative estimate of drug-likeness (QED) is 0.451. The van der Waals surface area contributed by atoms with Gasteiger partial charge in [0, 0.05) is 17.0 Å². The van der Waals surface area contributed by atoms with E-state index in [1.54, 1.807) is 32.4 Å². The highest BCUT2D eigenvalue weighted by molar-refractivity contribution is 7.21. The lowest BCUT2D eigenvalue weighted by atomic mass is 10.1. The summed E-state index contributed by atoms with van der Waals surface area (Å²) in [6.07, 6.45) is 0. The summed E-state index contributed by atoms with van der Waals surface area (Å²) in [5.41, 5.74) is 8.91. The van der Waals surface area contributed by atoms with Crippen molar-refractivity contribution in [3.8, 4) is 28.5 Å². The monoisotopic (exact) mass is 435 g/mol. The maximum absolute atomic E-state index is 13.0. The number of nitrogens with two attached hydrogens (primary N) is 1. The van der Waals surface area contributed by atoms with Gasteiger partial charge in [0.1, 0.15) is 27.0 Å². The molecule has 0 atom stereocenters. The van der Waals surface area contributed by atoms with Crippen molar-refractivity contribution < 1.29 is 19.0 Å². The van der Waals surface area contributed by atoms with E-state index in [-0.39, 0.29) is 5.91 Å². The SMILES string of the molecule is COc1ccc(-c2ccc3c(N)c(C(=O)Nc4cc(OC)ccc4OC)sc3n2)cc1. The van der Waals surface area contributed by atoms with Crippen LogP contribution in [0.25, 0.3) is 21.5 Å². The van der Waals surface area contributed by atoms with Crippen LogP contribution in [-0.4, -0.2) is 32.2 Å². The highest BCUT2D eigenvalue weighted by Gasteiger charge is 2.19. The Labute approximate surface area is 183 Å². The first kappa shape index (κ1) is 20.5. The zero-order valence-electron chi connectivity index (χ0n) is 17.3. The van der Waals surface area contributed by atoms with Crippen molar-refractivity contribution in [3.63, 3.8) is 0 Å². The molecule has 158 valence electrons. The summed E-state index contributed by atoms with van der Waals surface area (Å²) in [7, 11) is 4.72. The lowest BCUT2D eigenvalue weighted by Crippen LogP contribution is -2.12. The van der Waals surface area contributed by atoms with Crippen LogP contribution in [0.5, 0.6) is 17.2 Å². The molecule has 0 saturated heterocycles. The van der Waals surface area contributed by atoms with Gasteiger partial charge < -0.3 is 25.3 Å². The van der Waals surface area contributed by atoms with Crippen molar-refractivity contribution in [1.29, 1.82) is 0 Å². The number of nitrogen functional groups attached to an aromatic ring is 1. The van der Waals surface area contributed by atoms with E-state index in [9.17, 15) is 4.79 Å². The molecular formula is C23H21N3O4S. The van der Waals surface area contributed by atoms with E-state index in [1.165, 1.54) is 18.4 Å². The number of fused-ring (bicyclic) bond motifs is 1. The van der Waals surface area contributed by atoms with Crippen molar-refractivity contribution in [2.24, 2.45) is 0 Å². The standard InChI is InChI=1S/C23H21N3O4S/c1-28-14-6-4-13(5-7-14)17-10-9-16-20(24)21(31-23(16)26-17)22(27)25-18-12-15(29-2)8-11-19(18)30-3/h4-12H,24H2,1-3H3,(H,25,27). The largest absolute Gasteiger partial charge is 0.497 e. The van der Waals surface area contributed by atoms with Gasteiger partial charge in [-0.05, 0) is 48.5 Å². The molecule has 0 radical (unpaired) electrons. The van der Waals surface area contributed by atoms with Gasteiger partial charge in [-0.15, -0.1) is 11.3 Å². The summed E-state index contributed by atoms with van der Waals surface area (Å²) < 4.78 is 15.8. The highest BCUT2D eigenvalue weighted by atomic mass is 32.1. The summed E-state index contributed by atoms with van der Waals surface area (Å²) in [6.45, 7) is 0. The van der Waals surface area contributed by atoms with Crippen LogP contribution in [0.1, 0.15) is 9.67 Å². The van der Waals surface area contributed by atoms with Gasteiger partial charge in [0.15, 0.2) is 0 Å². The average molecular weight is 436 g/mol. The lowest BCUT2D eigenvalue weighted by molar-refractivity contribution is 0.103. The van der Waals surface area contributed by atoms with Gasteiger partial charge in [0.25, 0.3) is 5.91 Å². The fourth-order valence-corrected chi connectivity index (χ4v) is 4.17. The molecule has 31 heavy (non-hydrogen) atoms. The number of carbonyl (C=O) groups excluding carboxylic acids is 1. The number of pyridine rings is 1. The topological polar surface area (TPSA) is 95.7 Å². The third-order valence-electron chi connectivity index (χ3n) is 4.84. The highest BCUT2D eigenvalue weighted by Crippen LogP contribution is 2.36.